The molecular formula is C10H11N3O3S. The molecule has 0 spiro atoms. The topological polar surface area (TPSA) is 82.5 Å². The summed E-state index contributed by atoms with van der Waals surface area (Å²) >= 11 is 1.40. The monoisotopic (exact) mass is 253 g/mol. The third-order valence-corrected chi connectivity index (χ3v) is 2.57. The SMILES string of the molecule is C#CCN(CC(=O)O)C(=O)NCc1cncs1. The molecule has 0 unspecified atom stereocenters. The van der Waals surface area contributed by atoms with Gasteiger partial charge in [-0.1, -0.05) is 5.92 Å². The van der Waals surface area contributed by atoms with E-state index in [0.29, 0.717) is 6.54 Å². The number of amides is 2. The summed E-state index contributed by atoms with van der Waals surface area (Å²) < 4.78 is 0. The highest BCUT2D eigenvalue weighted by atomic mass is 32.1. The smallest absolute Gasteiger partial charge is 0.323 e. The third kappa shape index (κ3) is 4.53. The van der Waals surface area contributed by atoms with E-state index in [0.717, 1.165) is 9.78 Å². The number of carboxylic acids is 1. The first-order chi connectivity index (χ1) is 8.13. The molecule has 0 aliphatic rings. The first-order valence-electron chi connectivity index (χ1n) is 4.69. The molecule has 0 atom stereocenters. The molecule has 0 fully saturated rings. The largest absolute Gasteiger partial charge is 0.480 e. The maximum atomic E-state index is 11.6. The van der Waals surface area contributed by atoms with Crippen molar-refractivity contribution < 1.29 is 14.7 Å². The molecule has 1 aromatic rings. The van der Waals surface area contributed by atoms with Crippen LogP contribution in [0, 0.1) is 12.3 Å². The van der Waals surface area contributed by atoms with E-state index in [9.17, 15) is 9.59 Å². The second-order valence-corrected chi connectivity index (χ2v) is 4.05. The van der Waals surface area contributed by atoms with Crippen molar-refractivity contribution in [1.82, 2.24) is 15.2 Å². The summed E-state index contributed by atoms with van der Waals surface area (Å²) in [5.74, 6) is 1.14. The van der Waals surface area contributed by atoms with Gasteiger partial charge in [-0.2, -0.15) is 0 Å². The number of terminal acetylenes is 1. The summed E-state index contributed by atoms with van der Waals surface area (Å²) in [7, 11) is 0. The van der Waals surface area contributed by atoms with Crippen molar-refractivity contribution in [1.29, 1.82) is 0 Å². The van der Waals surface area contributed by atoms with Crippen molar-refractivity contribution in [3.8, 4) is 12.3 Å². The quantitative estimate of drug-likeness (QED) is 0.743. The fourth-order valence-corrected chi connectivity index (χ4v) is 1.61. The molecule has 0 aliphatic carbocycles. The molecule has 1 rings (SSSR count). The molecular weight excluding hydrogens is 242 g/mol. The number of nitrogens with one attached hydrogen (secondary N) is 1. The average Bonchev–Trinajstić information content (AvgIpc) is 2.77. The van der Waals surface area contributed by atoms with Gasteiger partial charge in [-0.3, -0.25) is 9.78 Å². The van der Waals surface area contributed by atoms with Gasteiger partial charge >= 0.3 is 12.0 Å². The van der Waals surface area contributed by atoms with Crippen LogP contribution in [0.2, 0.25) is 0 Å². The fraction of sp³-hybridized carbons (Fsp3) is 0.300. The zero-order valence-corrected chi connectivity index (χ0v) is 9.74. The average molecular weight is 253 g/mol. The molecule has 17 heavy (non-hydrogen) atoms. The minimum Gasteiger partial charge on any atom is -0.480 e. The molecule has 0 saturated heterocycles. The molecule has 7 heteroatoms. The van der Waals surface area contributed by atoms with Gasteiger partial charge in [-0.25, -0.2) is 4.79 Å². The number of hydrogen-bond donors (Lipinski definition) is 2. The Hall–Kier alpha value is -2.07. The number of urea groups is 1. The molecule has 6 nitrogen and oxygen atoms in total. The van der Waals surface area contributed by atoms with E-state index in [1.165, 1.54) is 11.3 Å². The van der Waals surface area contributed by atoms with Gasteiger partial charge in [0, 0.05) is 11.1 Å². The van der Waals surface area contributed by atoms with Gasteiger partial charge < -0.3 is 15.3 Å². The Balaban J connectivity index is 2.47. The zero-order valence-electron chi connectivity index (χ0n) is 8.92. The fourth-order valence-electron chi connectivity index (χ4n) is 1.08. The number of thiazole rings is 1. The van der Waals surface area contributed by atoms with Gasteiger partial charge in [0.1, 0.15) is 6.54 Å². The second kappa shape index (κ2) is 6.50. The summed E-state index contributed by atoms with van der Waals surface area (Å²) in [5.41, 5.74) is 1.65. The lowest BCUT2D eigenvalue weighted by molar-refractivity contribution is -0.137. The molecule has 0 aliphatic heterocycles. The van der Waals surface area contributed by atoms with E-state index in [-0.39, 0.29) is 6.54 Å². The Labute approximate surface area is 102 Å². The highest BCUT2D eigenvalue weighted by Gasteiger charge is 2.15. The summed E-state index contributed by atoms with van der Waals surface area (Å²) in [5, 5.41) is 11.2. The number of aromatic nitrogens is 1. The van der Waals surface area contributed by atoms with Crippen molar-refractivity contribution in [3.63, 3.8) is 0 Å². The zero-order chi connectivity index (χ0) is 12.7. The molecule has 0 saturated carbocycles. The van der Waals surface area contributed by atoms with E-state index in [1.807, 2.05) is 0 Å². The minimum atomic E-state index is -1.10. The lowest BCUT2D eigenvalue weighted by atomic mass is 10.5. The van der Waals surface area contributed by atoms with E-state index in [2.05, 4.69) is 16.2 Å². The number of carboxylic acid groups (broad SMARTS) is 1. The van der Waals surface area contributed by atoms with Crippen molar-refractivity contribution in [3.05, 3.63) is 16.6 Å². The summed E-state index contributed by atoms with van der Waals surface area (Å²) in [6.45, 7) is -0.149. The van der Waals surface area contributed by atoms with Gasteiger partial charge in [-0.15, -0.1) is 17.8 Å². The number of carbonyl (C=O) groups excluding carboxylic acids is 1. The predicted octanol–water partition coefficient (Wildman–Crippen LogP) is 0.373. The highest BCUT2D eigenvalue weighted by molar-refractivity contribution is 7.09. The number of carbonyl (C=O) groups is 2. The van der Waals surface area contributed by atoms with Crippen LogP contribution in [0.1, 0.15) is 4.88 Å². The van der Waals surface area contributed by atoms with Crippen LogP contribution in [0.5, 0.6) is 0 Å². The van der Waals surface area contributed by atoms with Crippen LogP contribution in [-0.2, 0) is 11.3 Å². The minimum absolute atomic E-state index is 0.0408. The van der Waals surface area contributed by atoms with Crippen molar-refractivity contribution in [2.24, 2.45) is 0 Å². The maximum absolute atomic E-state index is 11.6. The Bertz CT molecular complexity index is 425. The van der Waals surface area contributed by atoms with Crippen LogP contribution in [0.4, 0.5) is 4.79 Å². The first kappa shape index (κ1) is 13.0. The second-order valence-electron chi connectivity index (χ2n) is 3.08. The molecule has 0 radical (unpaired) electrons. The lowest BCUT2D eigenvalue weighted by Crippen LogP contribution is -2.42. The number of hydrogen-bond acceptors (Lipinski definition) is 4. The van der Waals surface area contributed by atoms with E-state index in [1.54, 1.807) is 11.7 Å². The van der Waals surface area contributed by atoms with Gasteiger partial charge in [-0.05, 0) is 0 Å². The standard InChI is InChI=1S/C10H11N3O3S/c1-2-3-13(6-9(14)15)10(16)12-5-8-4-11-7-17-8/h1,4,7H,3,5-6H2,(H,12,16)(H,14,15). The van der Waals surface area contributed by atoms with Crippen molar-refractivity contribution >= 4 is 23.3 Å². The van der Waals surface area contributed by atoms with Crippen molar-refractivity contribution in [2.75, 3.05) is 13.1 Å². The highest BCUT2D eigenvalue weighted by Crippen LogP contribution is 2.04. The summed E-state index contributed by atoms with van der Waals surface area (Å²) in [6, 6.07) is -0.501. The summed E-state index contributed by atoms with van der Waals surface area (Å²) in [4.78, 5) is 27.9. The Kier molecular flexibility index (Phi) is 4.97. The molecule has 0 aromatic carbocycles. The summed E-state index contributed by atoms with van der Waals surface area (Å²) in [6.07, 6.45) is 6.69. The molecule has 1 aromatic heterocycles. The number of nitrogens with zero attached hydrogens (tertiary/aromatic N) is 2. The van der Waals surface area contributed by atoms with Gasteiger partial charge in [0.05, 0.1) is 18.6 Å². The lowest BCUT2D eigenvalue weighted by Gasteiger charge is -2.18. The molecule has 90 valence electrons. The van der Waals surface area contributed by atoms with Crippen LogP contribution < -0.4 is 5.32 Å². The van der Waals surface area contributed by atoms with Crippen LogP contribution in [0.25, 0.3) is 0 Å². The molecule has 2 amide bonds. The van der Waals surface area contributed by atoms with Crippen molar-refractivity contribution in [2.45, 2.75) is 6.54 Å². The van der Waals surface area contributed by atoms with Crippen LogP contribution in [0.15, 0.2) is 11.7 Å². The van der Waals surface area contributed by atoms with Crippen LogP contribution >= 0.6 is 11.3 Å². The maximum Gasteiger partial charge on any atom is 0.323 e. The van der Waals surface area contributed by atoms with Gasteiger partial charge in [0.2, 0.25) is 0 Å². The molecule has 2 N–H and O–H groups in total. The third-order valence-electron chi connectivity index (χ3n) is 1.79. The first-order valence-corrected chi connectivity index (χ1v) is 5.57. The number of rotatable bonds is 5. The number of aliphatic carboxylic acids is 1. The predicted molar refractivity (Wildman–Crippen MR) is 62.4 cm³/mol. The molecule has 1 heterocycles. The Morgan fingerprint density at radius 3 is 2.94 bits per heavy atom. The van der Waals surface area contributed by atoms with Gasteiger partial charge in [0.25, 0.3) is 0 Å². The normalized spacial score (nSPS) is 9.35. The van der Waals surface area contributed by atoms with Crippen LogP contribution in [-0.4, -0.2) is 40.1 Å². The van der Waals surface area contributed by atoms with E-state index < -0.39 is 18.5 Å². The van der Waals surface area contributed by atoms with Crippen LogP contribution in [0.3, 0.4) is 0 Å². The van der Waals surface area contributed by atoms with E-state index in [4.69, 9.17) is 11.5 Å². The van der Waals surface area contributed by atoms with E-state index >= 15 is 0 Å². The Morgan fingerprint density at radius 1 is 1.65 bits per heavy atom. The Morgan fingerprint density at radius 2 is 2.41 bits per heavy atom. The molecule has 0 bridgehead atoms. The van der Waals surface area contributed by atoms with Gasteiger partial charge in [0.15, 0.2) is 0 Å².